The van der Waals surface area contributed by atoms with Gasteiger partial charge in [0.25, 0.3) is 0 Å². The summed E-state index contributed by atoms with van der Waals surface area (Å²) < 4.78 is 5.07. The van der Waals surface area contributed by atoms with Gasteiger partial charge in [0.15, 0.2) is 5.75 Å². The highest BCUT2D eigenvalue weighted by atomic mass is 35.5. The Morgan fingerprint density at radius 3 is 2.38 bits per heavy atom. The normalized spacial score (nSPS) is 11.3. The first-order valence-electron chi connectivity index (χ1n) is 10.2. The second kappa shape index (κ2) is 7.59. The molecule has 4 nitrogen and oxygen atoms in total. The van der Waals surface area contributed by atoms with Crippen molar-refractivity contribution in [3.05, 3.63) is 97.7 Å². The van der Waals surface area contributed by atoms with Gasteiger partial charge in [0.05, 0.1) is 0 Å². The van der Waals surface area contributed by atoms with E-state index in [0.29, 0.717) is 5.75 Å². The fourth-order valence-electron chi connectivity index (χ4n) is 4.41. The predicted octanol–water partition coefficient (Wildman–Crippen LogP) is 7.20. The number of hydrogen-bond donors (Lipinski definition) is 0. The first-order chi connectivity index (χ1) is 15.8. The fourth-order valence-corrected chi connectivity index (χ4v) is 4.53. The molecule has 4 aromatic carbocycles. The van der Waals surface area contributed by atoms with Gasteiger partial charge < -0.3 is 4.29 Å². The molecule has 2 aromatic heterocycles. The molecule has 0 fully saturated rings. The summed E-state index contributed by atoms with van der Waals surface area (Å²) >= 11 is 5.73. The Morgan fingerprint density at radius 2 is 1.50 bits per heavy atom. The van der Waals surface area contributed by atoms with Gasteiger partial charge in [0.2, 0.25) is 0 Å². The van der Waals surface area contributed by atoms with Crippen molar-refractivity contribution in [2.24, 2.45) is 0 Å². The molecule has 0 N–H and O–H groups in total. The SMILES string of the molecule is ClOc1ccc(-c2c3ccccc3cc3ccc(-c4cncnc4)cc23)c2cccnc12. The van der Waals surface area contributed by atoms with Gasteiger partial charge >= 0.3 is 0 Å². The lowest BCUT2D eigenvalue weighted by molar-refractivity contribution is 0.625. The summed E-state index contributed by atoms with van der Waals surface area (Å²) in [5.41, 5.74) is 5.00. The summed E-state index contributed by atoms with van der Waals surface area (Å²) in [4.78, 5) is 12.9. The number of benzene rings is 4. The van der Waals surface area contributed by atoms with Crippen LogP contribution in [0.2, 0.25) is 0 Å². The maximum atomic E-state index is 5.73. The number of halogens is 1. The van der Waals surface area contributed by atoms with Crippen molar-refractivity contribution < 1.29 is 4.29 Å². The minimum Gasteiger partial charge on any atom is -0.383 e. The van der Waals surface area contributed by atoms with E-state index in [1.54, 1.807) is 12.5 Å². The Labute approximate surface area is 189 Å². The van der Waals surface area contributed by atoms with Crippen molar-refractivity contribution in [2.45, 2.75) is 0 Å². The van der Waals surface area contributed by atoms with Crippen LogP contribution >= 0.6 is 11.9 Å². The van der Waals surface area contributed by atoms with Crippen LogP contribution in [0.4, 0.5) is 0 Å². The van der Waals surface area contributed by atoms with Gasteiger partial charge in [-0.1, -0.05) is 42.5 Å². The third-order valence-corrected chi connectivity index (χ3v) is 6.01. The smallest absolute Gasteiger partial charge is 0.172 e. The van der Waals surface area contributed by atoms with E-state index >= 15 is 0 Å². The van der Waals surface area contributed by atoms with Gasteiger partial charge in [-0.3, -0.25) is 4.98 Å². The molecule has 0 spiro atoms. The molecule has 32 heavy (non-hydrogen) atoms. The monoisotopic (exact) mass is 433 g/mol. The highest BCUT2D eigenvalue weighted by Crippen LogP contribution is 2.42. The molecule has 0 radical (unpaired) electrons. The quantitative estimate of drug-likeness (QED) is 0.277. The zero-order valence-corrected chi connectivity index (χ0v) is 17.6. The van der Waals surface area contributed by atoms with Crippen molar-refractivity contribution in [3.8, 4) is 28.0 Å². The Morgan fingerprint density at radius 1 is 0.688 bits per heavy atom. The first-order valence-corrected chi connectivity index (χ1v) is 10.5. The highest BCUT2D eigenvalue weighted by Gasteiger charge is 2.16. The molecule has 0 saturated carbocycles. The van der Waals surface area contributed by atoms with Gasteiger partial charge in [-0.2, -0.15) is 0 Å². The van der Waals surface area contributed by atoms with E-state index in [-0.39, 0.29) is 0 Å². The molecule has 0 amide bonds. The molecule has 2 heterocycles. The van der Waals surface area contributed by atoms with Crippen LogP contribution in [0.3, 0.4) is 0 Å². The minimum absolute atomic E-state index is 0.540. The molecule has 0 bridgehead atoms. The summed E-state index contributed by atoms with van der Waals surface area (Å²) in [6.45, 7) is 0. The Kier molecular flexibility index (Phi) is 4.44. The molecule has 0 saturated heterocycles. The summed E-state index contributed by atoms with van der Waals surface area (Å²) in [6.07, 6.45) is 6.96. The minimum atomic E-state index is 0.540. The van der Waals surface area contributed by atoms with Crippen molar-refractivity contribution >= 4 is 44.3 Å². The molecule has 0 aliphatic carbocycles. The largest absolute Gasteiger partial charge is 0.383 e. The van der Waals surface area contributed by atoms with E-state index in [2.05, 4.69) is 75.6 Å². The Hall–Kier alpha value is -4.02. The van der Waals surface area contributed by atoms with Crippen molar-refractivity contribution in [1.82, 2.24) is 15.0 Å². The average molecular weight is 434 g/mol. The summed E-state index contributed by atoms with van der Waals surface area (Å²) in [5.74, 6) is 0.540. The van der Waals surface area contributed by atoms with E-state index in [1.807, 2.05) is 24.5 Å². The average Bonchev–Trinajstić information content (AvgIpc) is 2.87. The van der Waals surface area contributed by atoms with Crippen LogP contribution in [0.1, 0.15) is 0 Å². The van der Waals surface area contributed by atoms with Crippen molar-refractivity contribution in [2.75, 3.05) is 0 Å². The highest BCUT2D eigenvalue weighted by molar-refractivity contribution is 6.18. The zero-order valence-electron chi connectivity index (χ0n) is 16.9. The molecule has 0 aliphatic heterocycles. The number of fused-ring (bicyclic) bond motifs is 3. The number of aromatic nitrogens is 3. The van der Waals surface area contributed by atoms with Gasteiger partial charge in [-0.15, -0.1) is 0 Å². The van der Waals surface area contributed by atoms with E-state index in [9.17, 15) is 0 Å². The summed E-state index contributed by atoms with van der Waals surface area (Å²) in [7, 11) is 0. The van der Waals surface area contributed by atoms with Gasteiger partial charge in [0, 0.05) is 29.5 Å². The van der Waals surface area contributed by atoms with Crippen LogP contribution in [-0.4, -0.2) is 15.0 Å². The van der Waals surface area contributed by atoms with E-state index in [4.69, 9.17) is 16.2 Å². The fraction of sp³-hybridized carbons (Fsp3) is 0. The predicted molar refractivity (Wildman–Crippen MR) is 130 cm³/mol. The lowest BCUT2D eigenvalue weighted by Gasteiger charge is -2.16. The second-order valence-corrected chi connectivity index (χ2v) is 7.78. The second-order valence-electron chi connectivity index (χ2n) is 7.62. The van der Waals surface area contributed by atoms with Crippen LogP contribution in [0.15, 0.2) is 97.7 Å². The van der Waals surface area contributed by atoms with E-state index in [1.165, 1.54) is 10.8 Å². The number of rotatable bonds is 3. The summed E-state index contributed by atoms with van der Waals surface area (Å²) in [5, 5.41) is 5.65. The molecule has 0 unspecified atom stereocenters. The van der Waals surface area contributed by atoms with Crippen molar-refractivity contribution in [3.63, 3.8) is 0 Å². The first kappa shape index (κ1) is 18.7. The van der Waals surface area contributed by atoms with Gasteiger partial charge in [-0.05, 0) is 68.6 Å². The van der Waals surface area contributed by atoms with Crippen molar-refractivity contribution in [1.29, 1.82) is 0 Å². The third kappa shape index (κ3) is 2.96. The molecular formula is C27H16ClN3O. The maximum Gasteiger partial charge on any atom is 0.172 e. The topological polar surface area (TPSA) is 47.9 Å². The molecule has 6 rings (SSSR count). The van der Waals surface area contributed by atoms with Crippen LogP contribution in [0, 0.1) is 0 Å². The lowest BCUT2D eigenvalue weighted by atomic mass is 9.89. The number of nitrogens with zero attached hydrogens (tertiary/aromatic N) is 3. The molecule has 0 atom stereocenters. The molecule has 0 aliphatic rings. The van der Waals surface area contributed by atoms with Crippen LogP contribution < -0.4 is 4.29 Å². The summed E-state index contributed by atoms with van der Waals surface area (Å²) in [6, 6.07) is 25.1. The van der Waals surface area contributed by atoms with Gasteiger partial charge in [0.1, 0.15) is 23.7 Å². The van der Waals surface area contributed by atoms with E-state index in [0.717, 1.165) is 43.9 Å². The Bertz CT molecular complexity index is 1620. The lowest BCUT2D eigenvalue weighted by Crippen LogP contribution is -1.91. The van der Waals surface area contributed by atoms with Crippen LogP contribution in [0.5, 0.6) is 5.75 Å². The number of hydrogen-bond acceptors (Lipinski definition) is 4. The maximum absolute atomic E-state index is 5.73. The molecule has 152 valence electrons. The molecular weight excluding hydrogens is 418 g/mol. The zero-order chi connectivity index (χ0) is 21.5. The standard InChI is InChI=1S/C27H16ClN3O/c28-32-25-10-9-22(23-6-3-11-31-27(23)25)26-21-5-2-1-4-18(21)12-19-8-7-17(13-24(19)26)20-14-29-16-30-15-20/h1-16H. The van der Waals surface area contributed by atoms with E-state index < -0.39 is 0 Å². The Balaban J connectivity index is 1.76. The number of pyridine rings is 1. The van der Waals surface area contributed by atoms with Crippen LogP contribution in [-0.2, 0) is 0 Å². The third-order valence-electron chi connectivity index (χ3n) is 5.84. The van der Waals surface area contributed by atoms with Gasteiger partial charge in [-0.25, -0.2) is 9.97 Å². The molecule has 5 heteroatoms. The molecule has 6 aromatic rings. The van der Waals surface area contributed by atoms with Crippen LogP contribution in [0.25, 0.3) is 54.7 Å².